The van der Waals surface area contributed by atoms with Crippen LogP contribution in [-0.4, -0.2) is 22.4 Å². The first-order valence-corrected chi connectivity index (χ1v) is 3.82. The minimum Gasteiger partial charge on any atom is -0.481 e. The van der Waals surface area contributed by atoms with E-state index in [9.17, 15) is 23.1 Å². The van der Waals surface area contributed by atoms with Crippen LogP contribution in [0.1, 0.15) is 12.2 Å². The molecule has 0 amide bonds. The third kappa shape index (κ3) is 2.12. The highest BCUT2D eigenvalue weighted by molar-refractivity contribution is 5.68. The summed E-state index contributed by atoms with van der Waals surface area (Å²) < 4.78 is 41.8. The van der Waals surface area contributed by atoms with Crippen LogP contribution < -0.4 is 0 Å². The van der Waals surface area contributed by atoms with Crippen LogP contribution in [0.25, 0.3) is 0 Å². The Labute approximate surface area is 81.9 Å². The third-order valence-corrected chi connectivity index (χ3v) is 1.80. The van der Waals surface area contributed by atoms with Gasteiger partial charge >= 0.3 is 12.1 Å². The molecule has 1 aromatic heterocycles. The summed E-state index contributed by atoms with van der Waals surface area (Å²) in [5, 5.41) is 17.6. The molecule has 0 bridgehead atoms. The Morgan fingerprint density at radius 3 is 2.40 bits per heavy atom. The van der Waals surface area contributed by atoms with E-state index in [2.05, 4.69) is 4.42 Å². The molecule has 1 heterocycles. The lowest BCUT2D eigenvalue weighted by atomic mass is 9.96. The predicted molar refractivity (Wildman–Crippen MR) is 40.9 cm³/mol. The van der Waals surface area contributed by atoms with Crippen LogP contribution in [0.2, 0.25) is 0 Å². The summed E-state index contributed by atoms with van der Waals surface area (Å²) in [6.07, 6.45) is -5.68. The zero-order valence-corrected chi connectivity index (χ0v) is 7.28. The molecule has 2 N–H and O–H groups in total. The van der Waals surface area contributed by atoms with E-state index >= 15 is 0 Å². The van der Waals surface area contributed by atoms with E-state index in [0.717, 1.165) is 18.4 Å². The molecule has 0 fully saturated rings. The van der Waals surface area contributed by atoms with Gasteiger partial charge in [-0.15, -0.1) is 0 Å². The minimum atomic E-state index is -5.11. The number of carboxylic acid groups (broad SMARTS) is 1. The molecule has 0 aliphatic rings. The van der Waals surface area contributed by atoms with Gasteiger partial charge in [0.25, 0.3) is 0 Å². The summed E-state index contributed by atoms with van der Waals surface area (Å²) in [4.78, 5) is 10.3. The number of hydrogen-bond acceptors (Lipinski definition) is 3. The van der Waals surface area contributed by atoms with Gasteiger partial charge in [0.2, 0.25) is 5.60 Å². The van der Waals surface area contributed by atoms with Crippen molar-refractivity contribution in [3.63, 3.8) is 0 Å². The van der Waals surface area contributed by atoms with E-state index in [0.29, 0.717) is 0 Å². The lowest BCUT2D eigenvalue weighted by molar-refractivity contribution is -0.274. The van der Waals surface area contributed by atoms with E-state index in [-0.39, 0.29) is 0 Å². The maximum atomic E-state index is 12.5. The van der Waals surface area contributed by atoms with Gasteiger partial charge in [-0.25, -0.2) is 0 Å². The SMILES string of the molecule is O=C(O)C[C@](O)(c1ccco1)C(F)(F)F. The fraction of sp³-hybridized carbons (Fsp3) is 0.375. The quantitative estimate of drug-likeness (QED) is 0.816. The van der Waals surface area contributed by atoms with Crippen molar-refractivity contribution in [1.29, 1.82) is 0 Å². The van der Waals surface area contributed by atoms with Crippen molar-refractivity contribution >= 4 is 5.97 Å². The first-order valence-electron chi connectivity index (χ1n) is 3.82. The Morgan fingerprint density at radius 2 is 2.07 bits per heavy atom. The summed E-state index contributed by atoms with van der Waals surface area (Å²) >= 11 is 0. The second-order valence-electron chi connectivity index (χ2n) is 2.91. The van der Waals surface area contributed by atoms with Crippen molar-refractivity contribution < 1.29 is 32.6 Å². The Kier molecular flexibility index (Phi) is 2.76. The van der Waals surface area contributed by atoms with Gasteiger partial charge in [0, 0.05) is 0 Å². The predicted octanol–water partition coefficient (Wildman–Crippen LogP) is 1.50. The first-order chi connectivity index (χ1) is 6.77. The summed E-state index contributed by atoms with van der Waals surface area (Å²) in [6.45, 7) is 0. The first kappa shape index (κ1) is 11.6. The van der Waals surface area contributed by atoms with Crippen molar-refractivity contribution in [3.8, 4) is 0 Å². The van der Waals surface area contributed by atoms with E-state index in [1.54, 1.807) is 0 Å². The van der Waals surface area contributed by atoms with Crippen molar-refractivity contribution in [1.82, 2.24) is 0 Å². The summed E-state index contributed by atoms with van der Waals surface area (Å²) in [6, 6.07) is 2.00. The summed E-state index contributed by atoms with van der Waals surface area (Å²) in [5.74, 6) is -2.61. The monoisotopic (exact) mass is 224 g/mol. The smallest absolute Gasteiger partial charge is 0.425 e. The molecule has 1 aromatic rings. The molecule has 84 valence electrons. The molecule has 0 radical (unpaired) electrons. The highest BCUT2D eigenvalue weighted by atomic mass is 19.4. The Bertz CT molecular complexity index is 343. The Balaban J connectivity index is 3.13. The average molecular weight is 224 g/mol. The van der Waals surface area contributed by atoms with Crippen LogP contribution in [0.4, 0.5) is 13.2 Å². The number of alkyl halides is 3. The fourth-order valence-corrected chi connectivity index (χ4v) is 1.06. The molecule has 15 heavy (non-hydrogen) atoms. The lowest BCUT2D eigenvalue weighted by Gasteiger charge is -2.26. The molecule has 0 unspecified atom stereocenters. The van der Waals surface area contributed by atoms with Crippen molar-refractivity contribution in [2.24, 2.45) is 0 Å². The number of halogens is 3. The van der Waals surface area contributed by atoms with E-state index in [4.69, 9.17) is 5.11 Å². The molecule has 0 saturated heterocycles. The van der Waals surface area contributed by atoms with Gasteiger partial charge in [0.1, 0.15) is 5.76 Å². The van der Waals surface area contributed by atoms with Gasteiger partial charge in [0.15, 0.2) is 0 Å². The molecule has 0 aliphatic heterocycles. The Morgan fingerprint density at radius 1 is 1.47 bits per heavy atom. The summed E-state index contributed by atoms with van der Waals surface area (Å²) in [7, 11) is 0. The summed E-state index contributed by atoms with van der Waals surface area (Å²) in [5.41, 5.74) is -3.48. The van der Waals surface area contributed by atoms with Gasteiger partial charge in [-0.05, 0) is 12.1 Å². The Hall–Kier alpha value is -1.50. The normalized spacial score (nSPS) is 16.0. The second-order valence-corrected chi connectivity index (χ2v) is 2.91. The van der Waals surface area contributed by atoms with Crippen LogP contribution >= 0.6 is 0 Å². The van der Waals surface area contributed by atoms with Gasteiger partial charge in [0.05, 0.1) is 12.7 Å². The largest absolute Gasteiger partial charge is 0.481 e. The molecular formula is C8H7F3O4. The van der Waals surface area contributed by atoms with Crippen LogP contribution in [-0.2, 0) is 10.4 Å². The van der Waals surface area contributed by atoms with Gasteiger partial charge in [-0.2, -0.15) is 13.2 Å². The second kappa shape index (κ2) is 3.58. The van der Waals surface area contributed by atoms with Crippen LogP contribution in [0.5, 0.6) is 0 Å². The number of aliphatic carboxylic acids is 1. The molecule has 1 rings (SSSR count). The topological polar surface area (TPSA) is 70.7 Å². The molecule has 0 spiro atoms. The highest BCUT2D eigenvalue weighted by Crippen LogP contribution is 2.41. The molecule has 4 nitrogen and oxygen atoms in total. The maximum Gasteiger partial charge on any atom is 0.425 e. The van der Waals surface area contributed by atoms with Crippen LogP contribution in [0.15, 0.2) is 22.8 Å². The fourth-order valence-electron chi connectivity index (χ4n) is 1.06. The standard InChI is InChI=1S/C8H7F3O4/c9-8(10,11)7(14,4-6(12)13)5-2-1-3-15-5/h1-3,14H,4H2,(H,12,13)/t7-/m0/s1. The van der Waals surface area contributed by atoms with Gasteiger partial charge in [-0.3, -0.25) is 4.79 Å². The van der Waals surface area contributed by atoms with E-state index < -0.39 is 29.9 Å². The number of rotatable bonds is 3. The number of hydrogen-bond donors (Lipinski definition) is 2. The molecule has 0 aliphatic carbocycles. The van der Waals surface area contributed by atoms with Crippen molar-refractivity contribution in [2.45, 2.75) is 18.2 Å². The van der Waals surface area contributed by atoms with E-state index in [1.807, 2.05) is 0 Å². The maximum absolute atomic E-state index is 12.5. The molecule has 0 aromatic carbocycles. The number of aliphatic hydroxyl groups is 1. The lowest BCUT2D eigenvalue weighted by Crippen LogP contribution is -2.43. The highest BCUT2D eigenvalue weighted by Gasteiger charge is 2.58. The zero-order chi connectivity index (χ0) is 11.7. The molecule has 1 atom stereocenters. The average Bonchev–Trinajstić information content (AvgIpc) is 2.51. The third-order valence-electron chi connectivity index (χ3n) is 1.80. The number of furan rings is 1. The van der Waals surface area contributed by atoms with Gasteiger partial charge in [-0.1, -0.05) is 0 Å². The van der Waals surface area contributed by atoms with Gasteiger partial charge < -0.3 is 14.6 Å². The molecular weight excluding hydrogens is 217 g/mol. The van der Waals surface area contributed by atoms with Crippen LogP contribution in [0, 0.1) is 0 Å². The molecule has 0 saturated carbocycles. The minimum absolute atomic E-state index is 0.836. The number of carbonyl (C=O) groups is 1. The molecule has 7 heteroatoms. The number of carboxylic acids is 1. The van der Waals surface area contributed by atoms with Crippen molar-refractivity contribution in [2.75, 3.05) is 0 Å². The van der Waals surface area contributed by atoms with Crippen LogP contribution in [0.3, 0.4) is 0 Å². The van der Waals surface area contributed by atoms with Crippen molar-refractivity contribution in [3.05, 3.63) is 24.2 Å². The van der Waals surface area contributed by atoms with E-state index in [1.165, 1.54) is 0 Å². The zero-order valence-electron chi connectivity index (χ0n) is 7.28.